The standard InChI is InChI=1S/C17H25NO/c1-12(13-8-4-5-9-13)18-16-14-10-6-7-11-15(14)19-17(16,2)3/h6-7,10-13,16,18H,4-5,8-9H2,1-3H3/t12-,16?/m0/s1. The van der Waals surface area contributed by atoms with E-state index in [9.17, 15) is 0 Å². The van der Waals surface area contributed by atoms with Gasteiger partial charge in [-0.1, -0.05) is 31.0 Å². The Balaban J connectivity index is 1.78. The molecular weight excluding hydrogens is 234 g/mol. The van der Waals surface area contributed by atoms with Crippen LogP contribution in [0.25, 0.3) is 0 Å². The fraction of sp³-hybridized carbons (Fsp3) is 0.647. The maximum Gasteiger partial charge on any atom is 0.125 e. The second kappa shape index (κ2) is 4.82. The Morgan fingerprint density at radius 1 is 1.21 bits per heavy atom. The van der Waals surface area contributed by atoms with Gasteiger partial charge in [-0.15, -0.1) is 0 Å². The Kier molecular flexibility index (Phi) is 3.30. The Morgan fingerprint density at radius 3 is 2.63 bits per heavy atom. The molecule has 1 unspecified atom stereocenters. The third kappa shape index (κ3) is 2.38. The topological polar surface area (TPSA) is 21.3 Å². The highest BCUT2D eigenvalue weighted by Crippen LogP contribution is 2.43. The highest BCUT2D eigenvalue weighted by molar-refractivity contribution is 5.42. The van der Waals surface area contributed by atoms with Gasteiger partial charge in [0, 0.05) is 11.6 Å². The molecule has 2 heteroatoms. The zero-order chi connectivity index (χ0) is 13.5. The van der Waals surface area contributed by atoms with Crippen molar-refractivity contribution in [2.75, 3.05) is 0 Å². The van der Waals surface area contributed by atoms with Crippen LogP contribution in [-0.4, -0.2) is 11.6 Å². The highest BCUT2D eigenvalue weighted by atomic mass is 16.5. The summed E-state index contributed by atoms with van der Waals surface area (Å²) in [7, 11) is 0. The minimum Gasteiger partial charge on any atom is -0.486 e. The van der Waals surface area contributed by atoms with Crippen LogP contribution in [0.15, 0.2) is 24.3 Å². The number of fused-ring (bicyclic) bond motifs is 1. The first-order chi connectivity index (χ1) is 9.08. The molecule has 2 nitrogen and oxygen atoms in total. The molecule has 1 heterocycles. The first-order valence-corrected chi connectivity index (χ1v) is 7.62. The van der Waals surface area contributed by atoms with Crippen LogP contribution in [-0.2, 0) is 0 Å². The summed E-state index contributed by atoms with van der Waals surface area (Å²) < 4.78 is 6.11. The lowest BCUT2D eigenvalue weighted by atomic mass is 9.91. The number of hydrogen-bond donors (Lipinski definition) is 1. The molecule has 19 heavy (non-hydrogen) atoms. The van der Waals surface area contributed by atoms with Crippen LogP contribution in [0, 0.1) is 5.92 Å². The number of rotatable bonds is 3. The summed E-state index contributed by atoms with van der Waals surface area (Å²) in [5.74, 6) is 1.88. The van der Waals surface area contributed by atoms with Crippen LogP contribution in [0.1, 0.15) is 58.1 Å². The Bertz CT molecular complexity index is 448. The van der Waals surface area contributed by atoms with Crippen LogP contribution in [0.5, 0.6) is 5.75 Å². The molecule has 3 rings (SSSR count). The molecule has 1 aliphatic heterocycles. The average Bonchev–Trinajstić information content (AvgIpc) is 2.96. The van der Waals surface area contributed by atoms with Gasteiger partial charge in [-0.25, -0.2) is 0 Å². The first kappa shape index (κ1) is 13.0. The molecule has 0 aromatic heterocycles. The number of benzene rings is 1. The summed E-state index contributed by atoms with van der Waals surface area (Å²) in [6.45, 7) is 6.71. The quantitative estimate of drug-likeness (QED) is 0.883. The fourth-order valence-corrected chi connectivity index (χ4v) is 3.68. The summed E-state index contributed by atoms with van der Waals surface area (Å²) in [5.41, 5.74) is 1.16. The summed E-state index contributed by atoms with van der Waals surface area (Å²) in [5, 5.41) is 3.84. The predicted octanol–water partition coefficient (Wildman–Crippen LogP) is 4.07. The van der Waals surface area contributed by atoms with Crippen LogP contribution in [0.3, 0.4) is 0 Å². The minimum atomic E-state index is -0.156. The lowest BCUT2D eigenvalue weighted by Gasteiger charge is -2.32. The summed E-state index contributed by atoms with van der Waals surface area (Å²) in [4.78, 5) is 0. The van der Waals surface area contributed by atoms with Crippen molar-refractivity contribution >= 4 is 0 Å². The molecule has 1 saturated carbocycles. The van der Waals surface area contributed by atoms with Crippen LogP contribution in [0.2, 0.25) is 0 Å². The SMILES string of the molecule is C[C@H](NC1c2ccccc2OC1(C)C)C1CCCC1. The number of para-hydroxylation sites is 1. The van der Waals surface area contributed by atoms with E-state index in [4.69, 9.17) is 4.74 Å². The second-order valence-electron chi connectivity index (χ2n) is 6.68. The van der Waals surface area contributed by atoms with Gasteiger partial charge in [-0.2, -0.15) is 0 Å². The van der Waals surface area contributed by atoms with Gasteiger partial charge in [0.2, 0.25) is 0 Å². The van der Waals surface area contributed by atoms with E-state index in [-0.39, 0.29) is 5.60 Å². The molecule has 1 aromatic rings. The van der Waals surface area contributed by atoms with E-state index in [1.807, 2.05) is 0 Å². The van der Waals surface area contributed by atoms with E-state index >= 15 is 0 Å². The van der Waals surface area contributed by atoms with Crippen molar-refractivity contribution in [3.05, 3.63) is 29.8 Å². The normalized spacial score (nSPS) is 27.0. The van der Waals surface area contributed by atoms with Crippen LogP contribution >= 0.6 is 0 Å². The Labute approximate surface area is 116 Å². The number of ether oxygens (including phenoxy) is 1. The van der Waals surface area contributed by atoms with Crippen molar-refractivity contribution in [2.24, 2.45) is 5.92 Å². The van der Waals surface area contributed by atoms with Crippen molar-refractivity contribution in [2.45, 2.75) is 64.1 Å². The van der Waals surface area contributed by atoms with Crippen LogP contribution < -0.4 is 10.1 Å². The number of hydrogen-bond acceptors (Lipinski definition) is 2. The van der Waals surface area contributed by atoms with Gasteiger partial charge < -0.3 is 10.1 Å². The van der Waals surface area contributed by atoms with Crippen molar-refractivity contribution < 1.29 is 4.74 Å². The largest absolute Gasteiger partial charge is 0.486 e. The van der Waals surface area contributed by atoms with E-state index in [2.05, 4.69) is 50.4 Å². The molecule has 0 amide bonds. The zero-order valence-corrected chi connectivity index (χ0v) is 12.3. The molecule has 1 aliphatic carbocycles. The van der Waals surface area contributed by atoms with E-state index in [0.717, 1.165) is 11.7 Å². The fourth-order valence-electron chi connectivity index (χ4n) is 3.68. The van der Waals surface area contributed by atoms with E-state index in [0.29, 0.717) is 12.1 Å². The molecule has 2 aliphatic rings. The molecule has 1 N–H and O–H groups in total. The van der Waals surface area contributed by atoms with E-state index in [1.165, 1.54) is 31.2 Å². The molecule has 0 radical (unpaired) electrons. The molecule has 0 spiro atoms. The van der Waals surface area contributed by atoms with Crippen LogP contribution in [0.4, 0.5) is 0 Å². The maximum absolute atomic E-state index is 6.11. The lowest BCUT2D eigenvalue weighted by Crippen LogP contribution is -2.44. The van der Waals surface area contributed by atoms with E-state index < -0.39 is 0 Å². The third-order valence-corrected chi connectivity index (χ3v) is 4.83. The molecule has 0 saturated heterocycles. The van der Waals surface area contributed by atoms with Gasteiger partial charge >= 0.3 is 0 Å². The average molecular weight is 259 g/mol. The van der Waals surface area contributed by atoms with Gasteiger partial charge in [0.15, 0.2) is 0 Å². The third-order valence-electron chi connectivity index (χ3n) is 4.83. The monoisotopic (exact) mass is 259 g/mol. The van der Waals surface area contributed by atoms with Gasteiger partial charge in [0.25, 0.3) is 0 Å². The molecular formula is C17H25NO. The van der Waals surface area contributed by atoms with Crippen molar-refractivity contribution in [3.63, 3.8) is 0 Å². The van der Waals surface area contributed by atoms with Gasteiger partial charge in [-0.3, -0.25) is 0 Å². The van der Waals surface area contributed by atoms with Crippen molar-refractivity contribution in [3.8, 4) is 5.75 Å². The molecule has 104 valence electrons. The molecule has 0 bridgehead atoms. The summed E-state index contributed by atoms with van der Waals surface area (Å²) >= 11 is 0. The zero-order valence-electron chi connectivity index (χ0n) is 12.3. The van der Waals surface area contributed by atoms with Crippen molar-refractivity contribution in [1.82, 2.24) is 5.32 Å². The second-order valence-corrected chi connectivity index (χ2v) is 6.68. The van der Waals surface area contributed by atoms with Gasteiger partial charge in [0.1, 0.15) is 11.4 Å². The summed E-state index contributed by atoms with van der Waals surface area (Å²) in [6.07, 6.45) is 5.56. The summed E-state index contributed by atoms with van der Waals surface area (Å²) in [6, 6.07) is 9.32. The maximum atomic E-state index is 6.11. The number of nitrogens with one attached hydrogen (secondary N) is 1. The Hall–Kier alpha value is -1.02. The van der Waals surface area contributed by atoms with Gasteiger partial charge in [0.05, 0.1) is 6.04 Å². The van der Waals surface area contributed by atoms with Gasteiger partial charge in [-0.05, 0) is 45.6 Å². The lowest BCUT2D eigenvalue weighted by molar-refractivity contribution is 0.0877. The Morgan fingerprint density at radius 2 is 1.89 bits per heavy atom. The highest BCUT2D eigenvalue weighted by Gasteiger charge is 2.42. The smallest absolute Gasteiger partial charge is 0.125 e. The predicted molar refractivity (Wildman–Crippen MR) is 78.4 cm³/mol. The van der Waals surface area contributed by atoms with Crippen molar-refractivity contribution in [1.29, 1.82) is 0 Å². The minimum absolute atomic E-state index is 0.156. The molecule has 1 aromatic carbocycles. The molecule has 2 atom stereocenters. The van der Waals surface area contributed by atoms with E-state index in [1.54, 1.807) is 0 Å². The molecule has 1 fully saturated rings. The first-order valence-electron chi connectivity index (χ1n) is 7.62.